The summed E-state index contributed by atoms with van der Waals surface area (Å²) in [7, 11) is 0. The molecule has 0 radical (unpaired) electrons. The van der Waals surface area contributed by atoms with E-state index in [0.29, 0.717) is 25.3 Å². The van der Waals surface area contributed by atoms with Gasteiger partial charge in [0.1, 0.15) is 5.60 Å². The van der Waals surface area contributed by atoms with Crippen molar-refractivity contribution in [1.29, 1.82) is 0 Å². The number of nitrogen functional groups attached to an aromatic ring is 1. The van der Waals surface area contributed by atoms with Crippen LogP contribution in [-0.4, -0.2) is 47.8 Å². The van der Waals surface area contributed by atoms with E-state index in [1.807, 2.05) is 39.8 Å². The van der Waals surface area contributed by atoms with Gasteiger partial charge in [-0.15, -0.1) is 0 Å². The highest BCUT2D eigenvalue weighted by atomic mass is 16.6. The van der Waals surface area contributed by atoms with Gasteiger partial charge in [0, 0.05) is 31.9 Å². The molecule has 1 aliphatic rings. The van der Waals surface area contributed by atoms with Crippen molar-refractivity contribution in [3.8, 4) is 0 Å². The average Bonchev–Trinajstić information content (AvgIpc) is 2.65. The van der Waals surface area contributed by atoms with Crippen LogP contribution in [0.5, 0.6) is 0 Å². The van der Waals surface area contributed by atoms with Crippen LogP contribution < -0.4 is 10.6 Å². The van der Waals surface area contributed by atoms with Gasteiger partial charge >= 0.3 is 6.09 Å². The minimum Gasteiger partial charge on any atom is -0.444 e. The zero-order valence-electron chi connectivity index (χ0n) is 13.9. The number of ether oxygens (including phenoxy) is 1. The first kappa shape index (κ1) is 16.4. The fourth-order valence-electron chi connectivity index (χ4n) is 2.45. The molecule has 0 atom stereocenters. The molecule has 0 spiro atoms. The molecule has 0 unspecified atom stereocenters. The molecule has 2 rings (SSSR count). The molecule has 0 saturated carbocycles. The smallest absolute Gasteiger partial charge is 0.410 e. The van der Waals surface area contributed by atoms with E-state index < -0.39 is 5.60 Å². The highest BCUT2D eigenvalue weighted by Gasteiger charge is 2.25. The third-order valence-corrected chi connectivity index (χ3v) is 3.49. The number of aryl methyl sites for hydroxylation is 1. The predicted octanol–water partition coefficient (Wildman–Crippen LogP) is 2.42. The quantitative estimate of drug-likeness (QED) is 0.862. The molecule has 1 aliphatic heterocycles. The fraction of sp³-hybridized carbons (Fsp3) is 0.625. The number of carbonyl (C=O) groups is 1. The Morgan fingerprint density at radius 2 is 1.95 bits per heavy atom. The Bertz CT molecular complexity index is 539. The number of carbonyl (C=O) groups excluding carboxylic acids is 1. The highest BCUT2D eigenvalue weighted by molar-refractivity contribution is 5.68. The third-order valence-electron chi connectivity index (χ3n) is 3.49. The summed E-state index contributed by atoms with van der Waals surface area (Å²) in [6, 6.07) is 3.79. The molecule has 0 bridgehead atoms. The Labute approximate surface area is 132 Å². The van der Waals surface area contributed by atoms with Gasteiger partial charge in [0.15, 0.2) is 5.82 Å². The van der Waals surface area contributed by atoms with Gasteiger partial charge in [-0.1, -0.05) is 0 Å². The van der Waals surface area contributed by atoms with Crippen molar-refractivity contribution in [2.45, 2.75) is 39.7 Å². The van der Waals surface area contributed by atoms with Crippen molar-refractivity contribution in [2.24, 2.45) is 0 Å². The van der Waals surface area contributed by atoms with Crippen molar-refractivity contribution in [3.63, 3.8) is 0 Å². The summed E-state index contributed by atoms with van der Waals surface area (Å²) in [5, 5.41) is 0. The first-order valence-electron chi connectivity index (χ1n) is 7.72. The number of aromatic nitrogens is 1. The lowest BCUT2D eigenvalue weighted by molar-refractivity contribution is 0.0263. The molecule has 0 aliphatic carbocycles. The maximum absolute atomic E-state index is 12.2. The van der Waals surface area contributed by atoms with Gasteiger partial charge in [0.2, 0.25) is 0 Å². The third kappa shape index (κ3) is 4.26. The molecule has 2 N–H and O–H groups in total. The van der Waals surface area contributed by atoms with E-state index in [2.05, 4.69) is 9.88 Å². The van der Waals surface area contributed by atoms with Crippen LogP contribution in [0.1, 0.15) is 32.9 Å². The van der Waals surface area contributed by atoms with Crippen LogP contribution in [0.15, 0.2) is 12.1 Å². The summed E-state index contributed by atoms with van der Waals surface area (Å²) < 4.78 is 5.44. The predicted molar refractivity (Wildman–Crippen MR) is 88.0 cm³/mol. The number of pyridine rings is 1. The maximum Gasteiger partial charge on any atom is 0.410 e. The summed E-state index contributed by atoms with van der Waals surface area (Å²) in [4.78, 5) is 20.6. The van der Waals surface area contributed by atoms with E-state index in [4.69, 9.17) is 10.5 Å². The summed E-state index contributed by atoms with van der Waals surface area (Å²) >= 11 is 0. The number of nitrogens with zero attached hydrogens (tertiary/aromatic N) is 3. The molecular formula is C16H26N4O2. The normalized spacial score (nSPS) is 16.4. The molecule has 1 aromatic rings. The van der Waals surface area contributed by atoms with E-state index in [-0.39, 0.29) is 6.09 Å². The van der Waals surface area contributed by atoms with Crippen LogP contribution in [0.3, 0.4) is 0 Å². The molecular weight excluding hydrogens is 280 g/mol. The lowest BCUT2D eigenvalue weighted by Gasteiger charge is -2.27. The second-order valence-corrected chi connectivity index (χ2v) is 6.67. The van der Waals surface area contributed by atoms with E-state index >= 15 is 0 Å². The van der Waals surface area contributed by atoms with Gasteiger partial charge < -0.3 is 20.3 Å². The molecule has 6 heteroatoms. The largest absolute Gasteiger partial charge is 0.444 e. The monoisotopic (exact) mass is 306 g/mol. The van der Waals surface area contributed by atoms with Crippen LogP contribution in [0, 0.1) is 6.92 Å². The van der Waals surface area contributed by atoms with Gasteiger partial charge in [-0.25, -0.2) is 9.78 Å². The molecule has 1 aromatic heterocycles. The minimum atomic E-state index is -0.467. The molecule has 122 valence electrons. The summed E-state index contributed by atoms with van der Waals surface area (Å²) in [5.41, 5.74) is 7.19. The van der Waals surface area contributed by atoms with Crippen molar-refractivity contribution >= 4 is 17.6 Å². The van der Waals surface area contributed by atoms with Crippen LogP contribution >= 0.6 is 0 Å². The average molecular weight is 306 g/mol. The Morgan fingerprint density at radius 3 is 2.64 bits per heavy atom. The summed E-state index contributed by atoms with van der Waals surface area (Å²) in [6.45, 7) is 10.4. The summed E-state index contributed by atoms with van der Waals surface area (Å²) in [5.74, 6) is 0.811. The highest BCUT2D eigenvalue weighted by Crippen LogP contribution is 2.22. The topological polar surface area (TPSA) is 71.7 Å². The number of anilines is 2. The van der Waals surface area contributed by atoms with E-state index in [9.17, 15) is 4.79 Å². The van der Waals surface area contributed by atoms with Crippen molar-refractivity contribution in [3.05, 3.63) is 17.8 Å². The second-order valence-electron chi connectivity index (χ2n) is 6.67. The molecule has 6 nitrogen and oxygen atoms in total. The Morgan fingerprint density at radius 1 is 1.23 bits per heavy atom. The Balaban J connectivity index is 2.03. The molecule has 1 saturated heterocycles. The first-order chi connectivity index (χ1) is 10.3. The van der Waals surface area contributed by atoms with Gasteiger partial charge in [-0.05, 0) is 46.2 Å². The lowest BCUT2D eigenvalue weighted by Crippen LogP contribution is -2.39. The molecule has 0 aromatic carbocycles. The Hall–Kier alpha value is -1.98. The van der Waals surface area contributed by atoms with E-state index in [1.54, 1.807) is 4.90 Å². The van der Waals surface area contributed by atoms with Crippen LogP contribution in [0.4, 0.5) is 16.3 Å². The lowest BCUT2D eigenvalue weighted by atomic mass is 10.2. The van der Waals surface area contributed by atoms with E-state index in [1.165, 1.54) is 0 Å². The molecule has 1 fully saturated rings. The number of hydrogen-bond acceptors (Lipinski definition) is 5. The number of rotatable bonds is 1. The molecule has 22 heavy (non-hydrogen) atoms. The van der Waals surface area contributed by atoms with Gasteiger partial charge in [0.25, 0.3) is 0 Å². The maximum atomic E-state index is 12.2. The Kier molecular flexibility index (Phi) is 4.78. The second kappa shape index (κ2) is 6.42. The van der Waals surface area contributed by atoms with Crippen molar-refractivity contribution in [1.82, 2.24) is 9.88 Å². The van der Waals surface area contributed by atoms with Crippen LogP contribution in [0.2, 0.25) is 0 Å². The van der Waals surface area contributed by atoms with Crippen LogP contribution in [0.25, 0.3) is 0 Å². The fourth-order valence-corrected chi connectivity index (χ4v) is 2.45. The number of nitrogens with two attached hydrogens (primary N) is 1. The molecule has 1 amide bonds. The van der Waals surface area contributed by atoms with Gasteiger partial charge in [-0.3, -0.25) is 0 Å². The zero-order valence-corrected chi connectivity index (χ0v) is 13.9. The minimum absolute atomic E-state index is 0.250. The van der Waals surface area contributed by atoms with Gasteiger partial charge in [0.05, 0.1) is 5.69 Å². The number of hydrogen-bond donors (Lipinski definition) is 1. The summed E-state index contributed by atoms with van der Waals surface area (Å²) in [6.07, 6.45) is 0.619. The van der Waals surface area contributed by atoms with E-state index in [0.717, 1.165) is 24.5 Å². The standard InChI is InChI=1S/C16H26N4O2/c1-12-6-7-13(17)14(18-12)19-8-5-9-20(11-10-19)15(21)22-16(2,3)4/h6-7H,5,8-11,17H2,1-4H3. The SMILES string of the molecule is Cc1ccc(N)c(N2CCCN(C(=O)OC(C)(C)C)CC2)n1. The van der Waals surface area contributed by atoms with Crippen LogP contribution in [-0.2, 0) is 4.74 Å². The van der Waals surface area contributed by atoms with Crippen molar-refractivity contribution < 1.29 is 9.53 Å². The van der Waals surface area contributed by atoms with Gasteiger partial charge in [-0.2, -0.15) is 0 Å². The molecule has 2 heterocycles. The van der Waals surface area contributed by atoms with Crippen molar-refractivity contribution in [2.75, 3.05) is 36.8 Å². The zero-order chi connectivity index (χ0) is 16.3. The first-order valence-corrected chi connectivity index (χ1v) is 7.72. The number of amides is 1.